The third kappa shape index (κ3) is 2.44. The summed E-state index contributed by atoms with van der Waals surface area (Å²) >= 11 is 5.96. The van der Waals surface area contributed by atoms with Gasteiger partial charge in [0, 0.05) is 5.39 Å². The Morgan fingerprint density at radius 1 is 1.25 bits per heavy atom. The number of hydrogen-bond donors (Lipinski definition) is 1. The molecule has 0 radical (unpaired) electrons. The highest BCUT2D eigenvalue weighted by Crippen LogP contribution is 2.25. The van der Waals surface area contributed by atoms with Crippen LogP contribution in [-0.4, -0.2) is 15.0 Å². The number of oxazole rings is 1. The maximum atomic E-state index is 5.96. The van der Waals surface area contributed by atoms with Crippen molar-refractivity contribution in [2.75, 3.05) is 5.32 Å². The zero-order chi connectivity index (χ0) is 14.1. The molecule has 1 atom stereocenters. The number of rotatable bonds is 3. The average molecular weight is 289 g/mol. The summed E-state index contributed by atoms with van der Waals surface area (Å²) in [5.74, 6) is 2.06. The fourth-order valence-electron chi connectivity index (χ4n) is 2.00. The number of benzene rings is 1. The van der Waals surface area contributed by atoms with Gasteiger partial charge in [-0.3, -0.25) is 0 Å². The van der Waals surface area contributed by atoms with E-state index in [0.29, 0.717) is 11.7 Å². The maximum absolute atomic E-state index is 5.96. The first-order valence-electron chi connectivity index (χ1n) is 6.24. The lowest BCUT2D eigenvalue weighted by Crippen LogP contribution is -2.09. The van der Waals surface area contributed by atoms with Crippen molar-refractivity contribution in [1.82, 2.24) is 15.0 Å². The minimum Gasteiger partial charge on any atom is -0.444 e. The number of anilines is 1. The summed E-state index contributed by atoms with van der Waals surface area (Å²) in [7, 11) is 0. The highest BCUT2D eigenvalue weighted by Gasteiger charge is 2.14. The first-order chi connectivity index (χ1) is 9.63. The van der Waals surface area contributed by atoms with Crippen LogP contribution in [0, 0.1) is 6.92 Å². The quantitative estimate of drug-likeness (QED) is 0.744. The van der Waals surface area contributed by atoms with Gasteiger partial charge in [0.1, 0.15) is 17.6 Å². The third-order valence-corrected chi connectivity index (χ3v) is 3.11. The monoisotopic (exact) mass is 288 g/mol. The molecular formula is C14H13ClN4O. The Labute approximate surface area is 121 Å². The molecule has 0 aliphatic carbocycles. The van der Waals surface area contributed by atoms with Gasteiger partial charge in [0.25, 0.3) is 0 Å². The Morgan fingerprint density at radius 3 is 2.80 bits per heavy atom. The van der Waals surface area contributed by atoms with E-state index in [1.165, 1.54) is 0 Å². The topological polar surface area (TPSA) is 63.8 Å². The van der Waals surface area contributed by atoms with E-state index in [0.717, 1.165) is 16.7 Å². The van der Waals surface area contributed by atoms with E-state index in [1.54, 1.807) is 6.20 Å². The minimum atomic E-state index is -0.113. The van der Waals surface area contributed by atoms with Gasteiger partial charge in [0.15, 0.2) is 0 Å². The highest BCUT2D eigenvalue weighted by atomic mass is 35.5. The number of hydrogen-bond acceptors (Lipinski definition) is 5. The van der Waals surface area contributed by atoms with Crippen molar-refractivity contribution in [3.8, 4) is 0 Å². The van der Waals surface area contributed by atoms with Crippen molar-refractivity contribution in [2.45, 2.75) is 19.9 Å². The molecule has 20 heavy (non-hydrogen) atoms. The second-order valence-corrected chi connectivity index (χ2v) is 4.87. The first kappa shape index (κ1) is 12.9. The van der Waals surface area contributed by atoms with Crippen molar-refractivity contribution in [3.05, 3.63) is 47.4 Å². The second-order valence-electron chi connectivity index (χ2n) is 4.53. The molecule has 5 nitrogen and oxygen atoms in total. The van der Waals surface area contributed by atoms with Crippen LogP contribution in [0.4, 0.5) is 5.82 Å². The highest BCUT2D eigenvalue weighted by molar-refractivity contribution is 6.28. The van der Waals surface area contributed by atoms with Crippen molar-refractivity contribution >= 4 is 28.3 Å². The fraction of sp³-hybridized carbons (Fsp3) is 0.214. The number of halogens is 1. The summed E-state index contributed by atoms with van der Waals surface area (Å²) in [5, 5.41) is 4.38. The van der Waals surface area contributed by atoms with Crippen molar-refractivity contribution in [2.24, 2.45) is 0 Å². The number of nitrogens with one attached hydrogen (secondary N) is 1. The smallest absolute Gasteiger partial charge is 0.224 e. The Hall–Kier alpha value is -2.14. The molecule has 0 bridgehead atoms. The van der Waals surface area contributed by atoms with Gasteiger partial charge < -0.3 is 9.73 Å². The zero-order valence-corrected chi connectivity index (χ0v) is 11.8. The van der Waals surface area contributed by atoms with E-state index >= 15 is 0 Å². The van der Waals surface area contributed by atoms with Gasteiger partial charge >= 0.3 is 0 Å². The van der Waals surface area contributed by atoms with Crippen LogP contribution in [0.3, 0.4) is 0 Å². The average Bonchev–Trinajstić information content (AvgIpc) is 2.85. The van der Waals surface area contributed by atoms with Crippen molar-refractivity contribution < 1.29 is 4.42 Å². The van der Waals surface area contributed by atoms with Crippen LogP contribution in [0.5, 0.6) is 0 Å². The molecule has 0 amide bonds. The molecule has 2 heterocycles. The lowest BCUT2D eigenvalue weighted by atomic mass is 10.2. The zero-order valence-electron chi connectivity index (χ0n) is 11.1. The van der Waals surface area contributed by atoms with Crippen LogP contribution in [0.25, 0.3) is 10.9 Å². The Morgan fingerprint density at radius 2 is 2.05 bits per heavy atom. The molecule has 102 valence electrons. The maximum Gasteiger partial charge on any atom is 0.224 e. The number of aromatic nitrogens is 3. The van der Waals surface area contributed by atoms with Crippen molar-refractivity contribution in [1.29, 1.82) is 0 Å². The fourth-order valence-corrected chi connectivity index (χ4v) is 2.17. The van der Waals surface area contributed by atoms with Crippen LogP contribution < -0.4 is 5.32 Å². The van der Waals surface area contributed by atoms with Crippen LogP contribution in [0.15, 0.2) is 34.9 Å². The molecule has 0 saturated heterocycles. The van der Waals surface area contributed by atoms with Crippen LogP contribution in [0.2, 0.25) is 5.28 Å². The van der Waals surface area contributed by atoms with Gasteiger partial charge in [-0.05, 0) is 37.6 Å². The van der Waals surface area contributed by atoms with E-state index in [2.05, 4.69) is 20.3 Å². The Bertz CT molecular complexity index is 756. The molecule has 0 fully saturated rings. The second kappa shape index (κ2) is 5.09. The predicted octanol–water partition coefficient (Wildman–Crippen LogP) is 3.75. The number of fused-ring (bicyclic) bond motifs is 1. The summed E-state index contributed by atoms with van der Waals surface area (Å²) < 4.78 is 5.51. The van der Waals surface area contributed by atoms with Gasteiger partial charge in [-0.1, -0.05) is 12.1 Å². The Balaban J connectivity index is 1.98. The van der Waals surface area contributed by atoms with Crippen LogP contribution in [0.1, 0.15) is 24.6 Å². The molecule has 6 heteroatoms. The lowest BCUT2D eigenvalue weighted by molar-refractivity contribution is 0.453. The largest absolute Gasteiger partial charge is 0.444 e. The van der Waals surface area contributed by atoms with E-state index in [4.69, 9.17) is 16.0 Å². The molecule has 0 saturated carbocycles. The minimum absolute atomic E-state index is 0.113. The number of para-hydroxylation sites is 1. The SMILES string of the molecule is Cc1cnc(C(C)Nc2nc(Cl)nc3ccccc23)o1. The molecule has 1 aromatic carbocycles. The molecule has 0 aliphatic heterocycles. The van der Waals surface area contributed by atoms with Gasteiger partial charge in [0.05, 0.1) is 11.7 Å². The molecule has 2 aromatic heterocycles. The van der Waals surface area contributed by atoms with Crippen LogP contribution >= 0.6 is 11.6 Å². The number of aryl methyl sites for hydroxylation is 1. The van der Waals surface area contributed by atoms with Gasteiger partial charge in [-0.15, -0.1) is 0 Å². The summed E-state index contributed by atoms with van der Waals surface area (Å²) in [4.78, 5) is 12.7. The normalized spacial score (nSPS) is 12.6. The molecule has 3 aromatic rings. The number of nitrogens with zero attached hydrogens (tertiary/aromatic N) is 3. The van der Waals surface area contributed by atoms with E-state index < -0.39 is 0 Å². The molecule has 0 aliphatic rings. The van der Waals surface area contributed by atoms with E-state index in [-0.39, 0.29) is 11.3 Å². The molecule has 0 spiro atoms. The predicted molar refractivity (Wildman–Crippen MR) is 77.8 cm³/mol. The van der Waals surface area contributed by atoms with Gasteiger partial charge in [0.2, 0.25) is 11.2 Å². The van der Waals surface area contributed by atoms with E-state index in [9.17, 15) is 0 Å². The van der Waals surface area contributed by atoms with Crippen LogP contribution in [-0.2, 0) is 0 Å². The third-order valence-electron chi connectivity index (χ3n) is 2.94. The molecule has 1 unspecified atom stereocenters. The Kier molecular flexibility index (Phi) is 3.28. The lowest BCUT2D eigenvalue weighted by Gasteiger charge is -2.13. The first-order valence-corrected chi connectivity index (χ1v) is 6.62. The van der Waals surface area contributed by atoms with E-state index in [1.807, 2.05) is 38.1 Å². The van der Waals surface area contributed by atoms with Gasteiger partial charge in [-0.25, -0.2) is 15.0 Å². The summed E-state index contributed by atoms with van der Waals surface area (Å²) in [6, 6.07) is 7.58. The summed E-state index contributed by atoms with van der Waals surface area (Å²) in [5.41, 5.74) is 0.797. The van der Waals surface area contributed by atoms with Crippen molar-refractivity contribution in [3.63, 3.8) is 0 Å². The molecule has 3 rings (SSSR count). The molecule has 1 N–H and O–H groups in total. The summed E-state index contributed by atoms with van der Waals surface area (Å²) in [6.45, 7) is 3.82. The molecular weight excluding hydrogens is 276 g/mol. The van der Waals surface area contributed by atoms with Gasteiger partial charge in [-0.2, -0.15) is 0 Å². The summed E-state index contributed by atoms with van der Waals surface area (Å²) in [6.07, 6.45) is 1.69. The standard InChI is InChI=1S/C14H13ClN4O/c1-8-7-16-13(20-8)9(2)17-12-10-5-3-4-6-11(10)18-14(15)19-12/h3-7,9H,1-2H3,(H,17,18,19).